The molecule has 4 heteroatoms. The number of benzene rings is 1. The maximum absolute atomic E-state index is 11.6. The van der Waals surface area contributed by atoms with Gasteiger partial charge in [0.25, 0.3) is 5.91 Å². The van der Waals surface area contributed by atoms with Gasteiger partial charge < -0.3 is 10.1 Å². The highest BCUT2D eigenvalue weighted by Gasteiger charge is 2.28. The van der Waals surface area contributed by atoms with Crippen LogP contribution in [0.3, 0.4) is 0 Å². The maximum atomic E-state index is 11.6. The van der Waals surface area contributed by atoms with Crippen molar-refractivity contribution in [3.05, 3.63) is 29.8 Å². The summed E-state index contributed by atoms with van der Waals surface area (Å²) in [5.74, 6) is 1.15. The van der Waals surface area contributed by atoms with Crippen molar-refractivity contribution in [2.45, 2.75) is 32.7 Å². The zero-order valence-electron chi connectivity index (χ0n) is 11.3. The fourth-order valence-electron chi connectivity index (χ4n) is 1.94. The van der Waals surface area contributed by atoms with Crippen molar-refractivity contribution in [3.8, 4) is 5.75 Å². The van der Waals surface area contributed by atoms with Crippen LogP contribution >= 0.6 is 0 Å². The summed E-state index contributed by atoms with van der Waals surface area (Å²) >= 11 is 0. The maximum Gasteiger partial charge on any atom is 0.258 e. The normalized spacial score (nSPS) is 15.7. The third-order valence-electron chi connectivity index (χ3n) is 3.35. The van der Waals surface area contributed by atoms with Crippen molar-refractivity contribution in [1.82, 2.24) is 5.32 Å². The predicted octanol–water partition coefficient (Wildman–Crippen LogP) is 2.18. The van der Waals surface area contributed by atoms with E-state index in [2.05, 4.69) is 5.32 Å². The molecule has 19 heavy (non-hydrogen) atoms. The highest BCUT2D eigenvalue weighted by atomic mass is 16.5. The Hall–Kier alpha value is -1.84. The van der Waals surface area contributed by atoms with E-state index in [1.54, 1.807) is 24.3 Å². The van der Waals surface area contributed by atoms with Gasteiger partial charge in [-0.2, -0.15) is 0 Å². The van der Waals surface area contributed by atoms with Crippen LogP contribution in [0, 0.1) is 5.92 Å². The number of rotatable bonds is 6. The highest BCUT2D eigenvalue weighted by molar-refractivity contribution is 5.94. The Balaban J connectivity index is 1.77. The van der Waals surface area contributed by atoms with Crippen molar-refractivity contribution >= 4 is 11.7 Å². The number of hydrogen-bond acceptors (Lipinski definition) is 3. The highest BCUT2D eigenvalue weighted by Crippen LogP contribution is 2.32. The van der Waals surface area contributed by atoms with Crippen molar-refractivity contribution in [2.24, 2.45) is 5.92 Å². The Labute approximate surface area is 113 Å². The summed E-state index contributed by atoms with van der Waals surface area (Å²) in [4.78, 5) is 22.8. The first-order valence-corrected chi connectivity index (χ1v) is 6.59. The van der Waals surface area contributed by atoms with Gasteiger partial charge >= 0.3 is 0 Å². The third kappa shape index (κ3) is 4.09. The Morgan fingerprint density at radius 1 is 1.32 bits per heavy atom. The van der Waals surface area contributed by atoms with Crippen LogP contribution in [0.15, 0.2) is 24.3 Å². The molecule has 1 saturated carbocycles. The minimum atomic E-state index is -0.102. The first kappa shape index (κ1) is 13.6. The van der Waals surface area contributed by atoms with Gasteiger partial charge in [0, 0.05) is 11.6 Å². The average molecular weight is 261 g/mol. The van der Waals surface area contributed by atoms with E-state index in [0.29, 0.717) is 17.2 Å². The first-order chi connectivity index (χ1) is 9.06. The molecule has 1 N–H and O–H groups in total. The Morgan fingerprint density at radius 2 is 1.95 bits per heavy atom. The van der Waals surface area contributed by atoms with Crippen LogP contribution in [0.4, 0.5) is 0 Å². The van der Waals surface area contributed by atoms with E-state index in [-0.39, 0.29) is 24.3 Å². The average Bonchev–Trinajstić information content (AvgIpc) is 3.21. The molecule has 2 rings (SSSR count). The summed E-state index contributed by atoms with van der Waals surface area (Å²) in [6.45, 7) is 3.55. The molecule has 0 aliphatic heterocycles. The van der Waals surface area contributed by atoms with Crippen LogP contribution in [0.1, 0.15) is 37.0 Å². The summed E-state index contributed by atoms with van der Waals surface area (Å²) in [7, 11) is 0. The van der Waals surface area contributed by atoms with Crippen LogP contribution < -0.4 is 10.1 Å². The lowest BCUT2D eigenvalue weighted by atomic mass is 10.1. The number of carbonyl (C=O) groups excluding carboxylic acids is 2. The van der Waals surface area contributed by atoms with Crippen molar-refractivity contribution in [1.29, 1.82) is 0 Å². The van der Waals surface area contributed by atoms with Gasteiger partial charge in [-0.25, -0.2) is 0 Å². The number of carbonyl (C=O) groups is 2. The molecule has 1 aromatic rings. The van der Waals surface area contributed by atoms with Crippen molar-refractivity contribution < 1.29 is 14.3 Å². The van der Waals surface area contributed by atoms with Gasteiger partial charge in [0.1, 0.15) is 5.75 Å². The molecule has 1 aliphatic carbocycles. The largest absolute Gasteiger partial charge is 0.484 e. The minimum absolute atomic E-state index is 0.0104. The van der Waals surface area contributed by atoms with Crippen LogP contribution in [-0.2, 0) is 4.79 Å². The van der Waals surface area contributed by atoms with E-state index < -0.39 is 0 Å². The second-order valence-corrected chi connectivity index (χ2v) is 5.06. The Kier molecular flexibility index (Phi) is 4.20. The van der Waals surface area contributed by atoms with Gasteiger partial charge in [-0.3, -0.25) is 9.59 Å². The van der Waals surface area contributed by atoms with E-state index in [9.17, 15) is 9.59 Å². The molecule has 0 saturated heterocycles. The van der Waals surface area contributed by atoms with Crippen LogP contribution in [0.25, 0.3) is 0 Å². The quantitative estimate of drug-likeness (QED) is 0.799. The van der Waals surface area contributed by atoms with E-state index in [0.717, 1.165) is 0 Å². The van der Waals surface area contributed by atoms with E-state index in [1.807, 2.05) is 6.92 Å². The summed E-state index contributed by atoms with van der Waals surface area (Å²) in [6.07, 6.45) is 2.41. The molecule has 0 bridgehead atoms. The van der Waals surface area contributed by atoms with Crippen LogP contribution in [0.2, 0.25) is 0 Å². The summed E-state index contributed by atoms with van der Waals surface area (Å²) < 4.78 is 5.38. The zero-order chi connectivity index (χ0) is 13.8. The Bertz CT molecular complexity index is 463. The number of ketones is 1. The molecule has 0 unspecified atom stereocenters. The summed E-state index contributed by atoms with van der Waals surface area (Å²) in [5, 5.41) is 2.92. The molecule has 0 radical (unpaired) electrons. The third-order valence-corrected chi connectivity index (χ3v) is 3.35. The summed E-state index contributed by atoms with van der Waals surface area (Å²) in [5.41, 5.74) is 0.638. The topological polar surface area (TPSA) is 55.4 Å². The SMILES string of the molecule is CC(=O)c1ccc(OCC(=O)N[C@H](C)C2CC2)cc1. The van der Waals surface area contributed by atoms with E-state index >= 15 is 0 Å². The Morgan fingerprint density at radius 3 is 2.47 bits per heavy atom. The van der Waals surface area contributed by atoms with Gasteiger partial charge in [-0.05, 0) is 56.9 Å². The zero-order valence-corrected chi connectivity index (χ0v) is 11.3. The fraction of sp³-hybridized carbons (Fsp3) is 0.467. The lowest BCUT2D eigenvalue weighted by Crippen LogP contribution is -2.37. The second kappa shape index (κ2) is 5.87. The lowest BCUT2D eigenvalue weighted by Gasteiger charge is -2.13. The van der Waals surface area contributed by atoms with Crippen LogP contribution in [-0.4, -0.2) is 24.3 Å². The molecule has 0 heterocycles. The predicted molar refractivity (Wildman–Crippen MR) is 72.3 cm³/mol. The summed E-state index contributed by atoms with van der Waals surface area (Å²) in [6, 6.07) is 7.03. The number of ether oxygens (including phenoxy) is 1. The molecule has 1 atom stereocenters. The number of hydrogen-bond donors (Lipinski definition) is 1. The molecule has 0 aromatic heterocycles. The molecule has 1 fully saturated rings. The fourth-order valence-corrected chi connectivity index (χ4v) is 1.94. The monoisotopic (exact) mass is 261 g/mol. The molecule has 4 nitrogen and oxygen atoms in total. The van der Waals surface area contributed by atoms with Gasteiger partial charge in [-0.1, -0.05) is 0 Å². The molecular formula is C15H19NO3. The molecule has 0 spiro atoms. The molecular weight excluding hydrogens is 242 g/mol. The number of amides is 1. The molecule has 102 valence electrons. The van der Waals surface area contributed by atoms with Crippen molar-refractivity contribution in [2.75, 3.05) is 6.61 Å². The molecule has 1 amide bonds. The minimum Gasteiger partial charge on any atom is -0.484 e. The molecule has 1 aliphatic rings. The van der Waals surface area contributed by atoms with Gasteiger partial charge in [0.05, 0.1) is 0 Å². The number of nitrogens with one attached hydrogen (secondary N) is 1. The van der Waals surface area contributed by atoms with Crippen LogP contribution in [0.5, 0.6) is 5.75 Å². The van der Waals surface area contributed by atoms with E-state index in [4.69, 9.17) is 4.74 Å². The van der Waals surface area contributed by atoms with Gasteiger partial charge in [0.2, 0.25) is 0 Å². The van der Waals surface area contributed by atoms with Crippen molar-refractivity contribution in [3.63, 3.8) is 0 Å². The first-order valence-electron chi connectivity index (χ1n) is 6.59. The van der Waals surface area contributed by atoms with Gasteiger partial charge in [-0.15, -0.1) is 0 Å². The number of Topliss-reactive ketones (excluding diaryl/α,β-unsaturated/α-hetero) is 1. The standard InChI is InChI=1S/C15H19NO3/c1-10(12-3-4-12)16-15(18)9-19-14-7-5-13(6-8-14)11(2)17/h5-8,10,12H,3-4,9H2,1-2H3,(H,16,18)/t10-/m1/s1. The lowest BCUT2D eigenvalue weighted by molar-refractivity contribution is -0.123. The van der Waals surface area contributed by atoms with Gasteiger partial charge in [0.15, 0.2) is 12.4 Å². The molecule has 1 aromatic carbocycles. The smallest absolute Gasteiger partial charge is 0.258 e. The van der Waals surface area contributed by atoms with E-state index in [1.165, 1.54) is 19.8 Å². The second-order valence-electron chi connectivity index (χ2n) is 5.06.